The Balaban J connectivity index is 1.81. The number of rotatable bonds is 9. The molecule has 0 aliphatic rings. The number of aliphatic carboxylic acids is 1. The zero-order valence-corrected chi connectivity index (χ0v) is 19.5. The van der Waals surface area contributed by atoms with Crippen molar-refractivity contribution >= 4 is 30.3 Å². The van der Waals surface area contributed by atoms with Gasteiger partial charge in [-0.2, -0.15) is 0 Å². The Kier molecular flexibility index (Phi) is 8.20. The summed E-state index contributed by atoms with van der Waals surface area (Å²) in [6, 6.07) is 13.7. The van der Waals surface area contributed by atoms with Gasteiger partial charge in [0.2, 0.25) is 0 Å². The van der Waals surface area contributed by atoms with E-state index in [9.17, 15) is 19.5 Å². The number of hydrogen-bond acceptors (Lipinski definition) is 6. The summed E-state index contributed by atoms with van der Waals surface area (Å²) in [6.07, 6.45) is 1.23. The van der Waals surface area contributed by atoms with E-state index in [0.717, 1.165) is 10.5 Å². The van der Waals surface area contributed by atoms with Crippen LogP contribution in [0.25, 0.3) is 0 Å². The zero-order chi connectivity index (χ0) is 24.7. The van der Waals surface area contributed by atoms with Gasteiger partial charge < -0.3 is 29.8 Å². The summed E-state index contributed by atoms with van der Waals surface area (Å²) in [4.78, 5) is 37.8. The van der Waals surface area contributed by atoms with Gasteiger partial charge in [0.15, 0.2) is 0 Å². The topological polar surface area (TPSA) is 119 Å². The number of carboxylic acids is 1. The number of thiol groups is 1. The summed E-state index contributed by atoms with van der Waals surface area (Å²) >= 11 is 4.41. The van der Waals surface area contributed by atoms with E-state index in [-0.39, 0.29) is 18.7 Å². The predicted molar refractivity (Wildman–Crippen MR) is 130 cm³/mol. The van der Waals surface area contributed by atoms with Gasteiger partial charge in [0.1, 0.15) is 17.2 Å². The normalized spacial score (nSPS) is 11.4. The average molecular weight is 484 g/mol. The molecule has 0 saturated carbocycles. The quantitative estimate of drug-likeness (QED) is 0.346. The van der Waals surface area contributed by atoms with Crippen LogP contribution in [0, 0.1) is 0 Å². The van der Waals surface area contributed by atoms with Gasteiger partial charge in [-0.15, -0.1) is 12.6 Å². The Bertz CT molecular complexity index is 1220. The Morgan fingerprint density at radius 2 is 1.74 bits per heavy atom. The number of amides is 2. The number of carbonyl (C=O) groups excluding carboxylic acids is 1. The number of aromatic nitrogens is 1. The number of nitrogens with zero attached hydrogens (tertiary/aromatic N) is 1. The van der Waals surface area contributed by atoms with E-state index in [1.54, 1.807) is 30.5 Å². The van der Waals surface area contributed by atoms with Crippen molar-refractivity contribution in [2.24, 2.45) is 0 Å². The molecule has 178 valence electrons. The molecular formula is C24H25N3O6S. The number of hydrogen-bond donors (Lipinski definition) is 4. The number of benzene rings is 2. The lowest BCUT2D eigenvalue weighted by Gasteiger charge is -2.19. The van der Waals surface area contributed by atoms with E-state index in [4.69, 9.17) is 9.47 Å². The highest BCUT2D eigenvalue weighted by Gasteiger charge is 2.21. The minimum absolute atomic E-state index is 0.0499. The van der Waals surface area contributed by atoms with Crippen LogP contribution in [0.15, 0.2) is 70.5 Å². The number of carboxylic acid groups (broad SMARTS) is 1. The molecule has 0 aliphatic heterocycles. The van der Waals surface area contributed by atoms with E-state index < -0.39 is 23.6 Å². The van der Waals surface area contributed by atoms with E-state index >= 15 is 0 Å². The van der Waals surface area contributed by atoms with E-state index in [1.165, 1.54) is 24.9 Å². The maximum Gasteiger partial charge on any atom is 0.319 e. The van der Waals surface area contributed by atoms with Crippen molar-refractivity contribution in [3.63, 3.8) is 0 Å². The molecule has 10 heteroatoms. The van der Waals surface area contributed by atoms with Gasteiger partial charge in [0.05, 0.1) is 33.2 Å². The molecule has 0 unspecified atom stereocenters. The summed E-state index contributed by atoms with van der Waals surface area (Å²) in [6.45, 7) is 0.279. The number of nitrogens with one attached hydrogen (secondary N) is 2. The minimum atomic E-state index is -1.11. The van der Waals surface area contributed by atoms with Crippen LogP contribution in [0.1, 0.15) is 23.6 Å². The van der Waals surface area contributed by atoms with E-state index in [2.05, 4.69) is 23.3 Å². The number of anilines is 1. The molecule has 1 aromatic heterocycles. The van der Waals surface area contributed by atoms with Gasteiger partial charge in [-0.05, 0) is 41.5 Å². The molecule has 2 aromatic carbocycles. The van der Waals surface area contributed by atoms with Gasteiger partial charge in [0, 0.05) is 17.2 Å². The molecule has 34 heavy (non-hydrogen) atoms. The number of urea groups is 1. The largest absolute Gasteiger partial charge is 0.497 e. The van der Waals surface area contributed by atoms with E-state index in [0.29, 0.717) is 17.1 Å². The van der Waals surface area contributed by atoms with Crippen LogP contribution in [-0.2, 0) is 11.3 Å². The van der Waals surface area contributed by atoms with Crippen LogP contribution in [0.4, 0.5) is 10.5 Å². The second kappa shape index (κ2) is 11.3. The number of pyridine rings is 1. The second-order valence-electron chi connectivity index (χ2n) is 7.38. The summed E-state index contributed by atoms with van der Waals surface area (Å²) in [5, 5.41) is 14.5. The third-order valence-corrected chi connectivity index (χ3v) is 5.50. The summed E-state index contributed by atoms with van der Waals surface area (Å²) in [5.41, 5.74) is 0.966. The highest BCUT2D eigenvalue weighted by molar-refractivity contribution is 7.80. The van der Waals surface area contributed by atoms with Crippen molar-refractivity contribution in [3.8, 4) is 11.5 Å². The summed E-state index contributed by atoms with van der Waals surface area (Å²) in [7, 11) is 2.94. The fraction of sp³-hybridized carbons (Fsp3) is 0.208. The van der Waals surface area contributed by atoms with Gasteiger partial charge in [-0.25, -0.2) is 4.79 Å². The maximum atomic E-state index is 12.9. The number of ether oxygens (including phenoxy) is 2. The standard InChI is InChI=1S/C24H25N3O6S/c1-32-17-10-16(11-18(12-17)33-2)20(13-22(28)29)26-24(31)25-19-7-5-9-27(23(19)30)14-15-6-3-4-8-21(15)34/h3-12,20,34H,13-14H2,1-2H3,(H,28,29)(H2,25,26,31)/t20-/m0/s1. The molecule has 0 radical (unpaired) electrons. The third-order valence-electron chi connectivity index (χ3n) is 5.06. The van der Waals surface area contributed by atoms with Crippen molar-refractivity contribution in [1.82, 2.24) is 9.88 Å². The molecule has 3 aromatic rings. The second-order valence-corrected chi connectivity index (χ2v) is 7.86. The lowest BCUT2D eigenvalue weighted by molar-refractivity contribution is -0.137. The monoisotopic (exact) mass is 483 g/mol. The molecule has 0 bridgehead atoms. The van der Waals surface area contributed by atoms with Gasteiger partial charge in [-0.1, -0.05) is 18.2 Å². The smallest absolute Gasteiger partial charge is 0.319 e. The molecule has 0 spiro atoms. The molecule has 1 atom stereocenters. The average Bonchev–Trinajstić information content (AvgIpc) is 2.82. The summed E-state index contributed by atoms with van der Waals surface area (Å²) in [5.74, 6) is -0.218. The maximum absolute atomic E-state index is 12.9. The SMILES string of the molecule is COc1cc(OC)cc([C@H](CC(=O)O)NC(=O)Nc2cccn(Cc3ccccc3S)c2=O)c1. The fourth-order valence-corrected chi connectivity index (χ4v) is 3.59. The molecule has 9 nitrogen and oxygen atoms in total. The van der Waals surface area contributed by atoms with Crippen LogP contribution in [0.5, 0.6) is 11.5 Å². The zero-order valence-electron chi connectivity index (χ0n) is 18.6. The Labute approximate surface area is 201 Å². The van der Waals surface area contributed by atoms with Gasteiger partial charge in [-0.3, -0.25) is 9.59 Å². The molecule has 1 heterocycles. The molecule has 0 fully saturated rings. The van der Waals surface area contributed by atoms with Crippen molar-refractivity contribution in [2.75, 3.05) is 19.5 Å². The molecule has 2 amide bonds. The van der Waals surface area contributed by atoms with Crippen LogP contribution in [-0.4, -0.2) is 35.9 Å². The Morgan fingerprint density at radius 1 is 1.06 bits per heavy atom. The molecule has 0 aliphatic carbocycles. The van der Waals surface area contributed by atoms with Gasteiger partial charge >= 0.3 is 12.0 Å². The number of methoxy groups -OCH3 is 2. The highest BCUT2D eigenvalue weighted by atomic mass is 32.1. The first-order chi connectivity index (χ1) is 16.3. The third kappa shape index (κ3) is 6.32. The first kappa shape index (κ1) is 24.7. The van der Waals surface area contributed by atoms with Crippen LogP contribution in [0.3, 0.4) is 0 Å². The van der Waals surface area contributed by atoms with Crippen molar-refractivity contribution in [2.45, 2.75) is 23.9 Å². The van der Waals surface area contributed by atoms with Crippen molar-refractivity contribution in [3.05, 3.63) is 82.3 Å². The minimum Gasteiger partial charge on any atom is -0.497 e. The molecular weight excluding hydrogens is 458 g/mol. The van der Waals surface area contributed by atoms with Crippen LogP contribution in [0.2, 0.25) is 0 Å². The fourth-order valence-electron chi connectivity index (χ4n) is 3.36. The van der Waals surface area contributed by atoms with E-state index in [1.807, 2.05) is 24.3 Å². The van der Waals surface area contributed by atoms with Crippen LogP contribution >= 0.6 is 12.6 Å². The Hall–Kier alpha value is -3.92. The van der Waals surface area contributed by atoms with Crippen LogP contribution < -0.4 is 25.7 Å². The summed E-state index contributed by atoms with van der Waals surface area (Å²) < 4.78 is 11.9. The van der Waals surface area contributed by atoms with Crippen molar-refractivity contribution < 1.29 is 24.2 Å². The Morgan fingerprint density at radius 3 is 2.35 bits per heavy atom. The highest BCUT2D eigenvalue weighted by Crippen LogP contribution is 2.28. The molecule has 0 saturated heterocycles. The first-order valence-corrected chi connectivity index (χ1v) is 10.7. The first-order valence-electron chi connectivity index (χ1n) is 10.3. The lowest BCUT2D eigenvalue weighted by Crippen LogP contribution is -2.36. The lowest BCUT2D eigenvalue weighted by atomic mass is 10.0. The van der Waals surface area contributed by atoms with Crippen molar-refractivity contribution in [1.29, 1.82) is 0 Å². The molecule has 3 N–H and O–H groups in total. The van der Waals surface area contributed by atoms with Gasteiger partial charge in [0.25, 0.3) is 5.56 Å². The molecule has 3 rings (SSSR count). The predicted octanol–water partition coefficient (Wildman–Crippen LogP) is 3.54. The number of carbonyl (C=O) groups is 2.